The SMILES string of the molecule is O=C(O)C1CCN(C(c2ccsc2)c2cccc3ccccc23)CC1. The number of aliphatic carboxylic acids is 1. The van der Waals surface area contributed by atoms with E-state index in [2.05, 4.69) is 64.2 Å². The minimum absolute atomic E-state index is 0.187. The monoisotopic (exact) mass is 351 g/mol. The average Bonchev–Trinajstić information content (AvgIpc) is 3.17. The second-order valence-corrected chi connectivity index (χ2v) is 7.46. The van der Waals surface area contributed by atoms with Crippen molar-refractivity contribution in [3.05, 3.63) is 70.4 Å². The fourth-order valence-corrected chi connectivity index (χ4v) is 4.59. The maximum Gasteiger partial charge on any atom is 0.306 e. The van der Waals surface area contributed by atoms with Crippen LogP contribution in [0.3, 0.4) is 0 Å². The lowest BCUT2D eigenvalue weighted by Gasteiger charge is -2.37. The lowest BCUT2D eigenvalue weighted by Crippen LogP contribution is -2.39. The van der Waals surface area contributed by atoms with Gasteiger partial charge in [0.15, 0.2) is 0 Å². The summed E-state index contributed by atoms with van der Waals surface area (Å²) in [5.41, 5.74) is 2.61. The number of carboxylic acids is 1. The Morgan fingerprint density at radius 1 is 1.08 bits per heavy atom. The minimum Gasteiger partial charge on any atom is -0.481 e. The van der Waals surface area contributed by atoms with Gasteiger partial charge in [-0.2, -0.15) is 11.3 Å². The van der Waals surface area contributed by atoms with Crippen molar-refractivity contribution in [1.82, 2.24) is 4.90 Å². The molecular formula is C21H21NO2S. The second kappa shape index (κ2) is 6.98. The molecule has 128 valence electrons. The van der Waals surface area contributed by atoms with E-state index in [9.17, 15) is 9.90 Å². The van der Waals surface area contributed by atoms with Crippen molar-refractivity contribution < 1.29 is 9.90 Å². The molecule has 0 amide bonds. The van der Waals surface area contributed by atoms with Crippen LogP contribution in [0.25, 0.3) is 10.8 Å². The molecule has 1 aliphatic heterocycles. The summed E-state index contributed by atoms with van der Waals surface area (Å²) < 4.78 is 0. The van der Waals surface area contributed by atoms with Gasteiger partial charge in [0.25, 0.3) is 0 Å². The molecule has 1 aliphatic rings. The van der Waals surface area contributed by atoms with Crippen molar-refractivity contribution in [1.29, 1.82) is 0 Å². The van der Waals surface area contributed by atoms with Gasteiger partial charge in [0.05, 0.1) is 12.0 Å². The van der Waals surface area contributed by atoms with Crippen LogP contribution in [0.1, 0.15) is 30.0 Å². The van der Waals surface area contributed by atoms with E-state index in [1.165, 1.54) is 21.9 Å². The molecule has 4 heteroatoms. The molecule has 0 radical (unpaired) electrons. The van der Waals surface area contributed by atoms with E-state index in [1.807, 2.05) is 0 Å². The first kappa shape index (κ1) is 16.3. The van der Waals surface area contributed by atoms with Crippen molar-refractivity contribution in [2.24, 2.45) is 5.92 Å². The van der Waals surface area contributed by atoms with Crippen LogP contribution in [-0.2, 0) is 4.79 Å². The standard InChI is InChI=1S/C21H21NO2S/c23-21(24)16-8-11-22(12-9-16)20(17-10-13-25-14-17)19-7-3-5-15-4-1-2-6-18(15)19/h1-7,10,13-14,16,20H,8-9,11-12H2,(H,23,24). The van der Waals surface area contributed by atoms with Crippen LogP contribution < -0.4 is 0 Å². The zero-order valence-corrected chi connectivity index (χ0v) is 14.8. The predicted molar refractivity (Wildman–Crippen MR) is 102 cm³/mol. The Labute approximate surface area is 151 Å². The third kappa shape index (κ3) is 3.20. The molecule has 3 nitrogen and oxygen atoms in total. The lowest BCUT2D eigenvalue weighted by molar-refractivity contribution is -0.143. The molecular weight excluding hydrogens is 330 g/mol. The van der Waals surface area contributed by atoms with Crippen LogP contribution in [0.4, 0.5) is 0 Å². The van der Waals surface area contributed by atoms with Crippen molar-refractivity contribution in [3.8, 4) is 0 Å². The van der Waals surface area contributed by atoms with Crippen molar-refractivity contribution in [2.45, 2.75) is 18.9 Å². The van der Waals surface area contributed by atoms with Crippen molar-refractivity contribution in [3.63, 3.8) is 0 Å². The Hall–Kier alpha value is -2.17. The van der Waals surface area contributed by atoms with Gasteiger partial charge in [-0.1, -0.05) is 42.5 Å². The molecule has 3 aromatic rings. The first-order chi connectivity index (χ1) is 12.2. The number of rotatable bonds is 4. The molecule has 0 bridgehead atoms. The molecule has 1 unspecified atom stereocenters. The predicted octanol–water partition coefficient (Wildman–Crippen LogP) is 4.79. The number of piperidine rings is 1. The average molecular weight is 351 g/mol. The van der Waals surface area contributed by atoms with Gasteiger partial charge >= 0.3 is 5.97 Å². The van der Waals surface area contributed by atoms with Gasteiger partial charge in [-0.15, -0.1) is 0 Å². The lowest BCUT2D eigenvalue weighted by atomic mass is 9.90. The number of carbonyl (C=O) groups is 1. The number of carboxylic acid groups (broad SMARTS) is 1. The molecule has 0 saturated carbocycles. The molecule has 1 saturated heterocycles. The van der Waals surface area contributed by atoms with E-state index in [-0.39, 0.29) is 12.0 Å². The number of likely N-dealkylation sites (tertiary alicyclic amines) is 1. The highest BCUT2D eigenvalue weighted by molar-refractivity contribution is 7.08. The van der Waals surface area contributed by atoms with Gasteiger partial charge < -0.3 is 5.11 Å². The largest absolute Gasteiger partial charge is 0.481 e. The molecule has 0 spiro atoms. The highest BCUT2D eigenvalue weighted by Crippen LogP contribution is 2.36. The number of hydrogen-bond donors (Lipinski definition) is 1. The van der Waals surface area contributed by atoms with Crippen LogP contribution >= 0.6 is 11.3 Å². The Morgan fingerprint density at radius 2 is 1.84 bits per heavy atom. The number of fused-ring (bicyclic) bond motifs is 1. The third-order valence-corrected chi connectivity index (χ3v) is 5.92. The third-order valence-electron chi connectivity index (χ3n) is 5.22. The summed E-state index contributed by atoms with van der Waals surface area (Å²) in [5, 5.41) is 16.2. The molecule has 2 aromatic carbocycles. The zero-order valence-electron chi connectivity index (χ0n) is 14.0. The Balaban J connectivity index is 1.74. The van der Waals surface area contributed by atoms with E-state index in [0.717, 1.165) is 25.9 Å². The molecule has 2 heterocycles. The second-order valence-electron chi connectivity index (χ2n) is 6.68. The quantitative estimate of drug-likeness (QED) is 0.735. The van der Waals surface area contributed by atoms with Crippen LogP contribution in [0, 0.1) is 5.92 Å². The summed E-state index contributed by atoms with van der Waals surface area (Å²) in [6.07, 6.45) is 1.45. The van der Waals surface area contributed by atoms with Gasteiger partial charge in [-0.05, 0) is 64.7 Å². The van der Waals surface area contributed by atoms with E-state index in [0.29, 0.717) is 0 Å². The molecule has 4 rings (SSSR count). The number of benzene rings is 2. The van der Waals surface area contributed by atoms with Crippen LogP contribution in [0.2, 0.25) is 0 Å². The molecule has 1 atom stereocenters. The summed E-state index contributed by atoms with van der Waals surface area (Å²) in [6, 6.07) is 17.4. The Morgan fingerprint density at radius 3 is 2.56 bits per heavy atom. The summed E-state index contributed by atoms with van der Waals surface area (Å²) in [7, 11) is 0. The molecule has 0 aliphatic carbocycles. The first-order valence-corrected chi connectivity index (χ1v) is 9.65. The number of thiophene rings is 1. The van der Waals surface area contributed by atoms with E-state index in [4.69, 9.17) is 0 Å². The van der Waals surface area contributed by atoms with Crippen LogP contribution in [-0.4, -0.2) is 29.1 Å². The summed E-state index contributed by atoms with van der Waals surface area (Å²) in [4.78, 5) is 13.7. The number of nitrogens with zero attached hydrogens (tertiary/aromatic N) is 1. The molecule has 25 heavy (non-hydrogen) atoms. The Kier molecular flexibility index (Phi) is 4.55. The summed E-state index contributed by atoms with van der Waals surface area (Å²) in [5.74, 6) is -0.858. The smallest absolute Gasteiger partial charge is 0.306 e. The minimum atomic E-state index is -0.656. The highest BCUT2D eigenvalue weighted by Gasteiger charge is 2.30. The van der Waals surface area contributed by atoms with Gasteiger partial charge in [0.2, 0.25) is 0 Å². The van der Waals surface area contributed by atoms with Crippen molar-refractivity contribution >= 4 is 28.1 Å². The fraction of sp³-hybridized carbons (Fsp3) is 0.286. The molecule has 1 aromatic heterocycles. The van der Waals surface area contributed by atoms with E-state index < -0.39 is 5.97 Å². The van der Waals surface area contributed by atoms with E-state index >= 15 is 0 Å². The summed E-state index contributed by atoms with van der Waals surface area (Å²) >= 11 is 1.72. The van der Waals surface area contributed by atoms with Gasteiger partial charge in [0.1, 0.15) is 0 Å². The highest BCUT2D eigenvalue weighted by atomic mass is 32.1. The molecule has 1 fully saturated rings. The van der Waals surface area contributed by atoms with Gasteiger partial charge in [-0.25, -0.2) is 0 Å². The van der Waals surface area contributed by atoms with Crippen LogP contribution in [0.5, 0.6) is 0 Å². The van der Waals surface area contributed by atoms with E-state index in [1.54, 1.807) is 11.3 Å². The van der Waals surface area contributed by atoms with Crippen LogP contribution in [0.15, 0.2) is 59.3 Å². The summed E-state index contributed by atoms with van der Waals surface area (Å²) in [6.45, 7) is 1.64. The number of hydrogen-bond acceptors (Lipinski definition) is 3. The normalized spacial score (nSPS) is 17.6. The Bertz CT molecular complexity index is 861. The topological polar surface area (TPSA) is 40.5 Å². The fourth-order valence-electron chi connectivity index (χ4n) is 3.91. The molecule has 1 N–H and O–H groups in total. The van der Waals surface area contributed by atoms with Gasteiger partial charge in [-0.3, -0.25) is 9.69 Å². The maximum absolute atomic E-state index is 11.3. The zero-order chi connectivity index (χ0) is 17.2. The first-order valence-electron chi connectivity index (χ1n) is 8.70. The van der Waals surface area contributed by atoms with Gasteiger partial charge in [0, 0.05) is 0 Å². The van der Waals surface area contributed by atoms with Crippen molar-refractivity contribution in [2.75, 3.05) is 13.1 Å². The maximum atomic E-state index is 11.3.